The largest absolute Gasteiger partial charge is 0.451 e. The number of anilines is 1. The van der Waals surface area contributed by atoms with Crippen LogP contribution in [0.5, 0.6) is 0 Å². The van der Waals surface area contributed by atoms with E-state index in [4.69, 9.17) is 4.74 Å². The zero-order valence-electron chi connectivity index (χ0n) is 16.6. The van der Waals surface area contributed by atoms with E-state index in [1.165, 1.54) is 13.0 Å². The molecule has 2 N–H and O–H groups in total. The highest BCUT2D eigenvalue weighted by Gasteiger charge is 2.49. The van der Waals surface area contributed by atoms with Gasteiger partial charge in [-0.2, -0.15) is 13.2 Å². The van der Waals surface area contributed by atoms with Gasteiger partial charge in [-0.1, -0.05) is 19.9 Å². The van der Waals surface area contributed by atoms with Crippen LogP contribution in [-0.4, -0.2) is 46.9 Å². The first-order chi connectivity index (χ1) is 13.9. The number of urea groups is 1. The maximum Gasteiger partial charge on any atom is 0.416 e. The van der Waals surface area contributed by atoms with E-state index in [1.54, 1.807) is 13.8 Å². The van der Waals surface area contributed by atoms with Crippen molar-refractivity contribution in [3.63, 3.8) is 0 Å². The van der Waals surface area contributed by atoms with Crippen molar-refractivity contribution in [2.45, 2.75) is 51.4 Å². The van der Waals surface area contributed by atoms with Gasteiger partial charge < -0.3 is 15.4 Å². The predicted molar refractivity (Wildman–Crippen MR) is 99.2 cm³/mol. The average Bonchev–Trinajstić information content (AvgIpc) is 2.92. The van der Waals surface area contributed by atoms with Crippen LogP contribution in [0, 0.1) is 0 Å². The van der Waals surface area contributed by atoms with Crippen LogP contribution in [-0.2, 0) is 25.3 Å². The number of esters is 1. The van der Waals surface area contributed by atoms with Gasteiger partial charge in [-0.25, -0.2) is 4.79 Å². The number of ether oxygens (including phenoxy) is 1. The lowest BCUT2D eigenvalue weighted by Crippen LogP contribution is -2.46. The number of amides is 4. The highest BCUT2D eigenvalue weighted by molar-refractivity contribution is 6.08. The van der Waals surface area contributed by atoms with E-state index >= 15 is 0 Å². The number of carbonyl (C=O) groups excluding carboxylic acids is 4. The molecule has 1 saturated heterocycles. The number of halogens is 3. The van der Waals surface area contributed by atoms with E-state index in [1.807, 2.05) is 0 Å². The molecule has 2 rings (SSSR count). The van der Waals surface area contributed by atoms with E-state index in [0.717, 1.165) is 18.2 Å². The Hall–Kier alpha value is -3.11. The molecular weight excluding hydrogens is 407 g/mol. The first-order valence-electron chi connectivity index (χ1n) is 9.25. The molecule has 1 aromatic rings. The van der Waals surface area contributed by atoms with E-state index in [2.05, 4.69) is 10.6 Å². The number of imide groups is 1. The maximum atomic E-state index is 12.8. The average molecular weight is 429 g/mol. The fourth-order valence-corrected chi connectivity index (χ4v) is 2.98. The summed E-state index contributed by atoms with van der Waals surface area (Å²) in [5.41, 5.74) is -2.15. The minimum atomic E-state index is -4.58. The maximum absolute atomic E-state index is 12.8. The second kappa shape index (κ2) is 8.72. The van der Waals surface area contributed by atoms with Gasteiger partial charge in [0.25, 0.3) is 11.8 Å². The standard InChI is InChI=1S/C19H22F3N3O5/c1-4-18(5-2)16(28)25(17(29)24-18)10-14(26)30-11(3)15(27)23-13-8-6-7-12(9-13)19(20,21)22/h6-9,11H,4-5,10H2,1-3H3,(H,23,27)(H,24,29)/t11-/m0/s1. The molecule has 4 amide bonds. The molecule has 11 heteroatoms. The molecule has 0 unspecified atom stereocenters. The molecular formula is C19H22F3N3O5. The van der Waals surface area contributed by atoms with Gasteiger partial charge in [0.1, 0.15) is 12.1 Å². The predicted octanol–water partition coefficient (Wildman–Crippen LogP) is 2.69. The summed E-state index contributed by atoms with van der Waals surface area (Å²) in [6, 6.07) is 3.24. The summed E-state index contributed by atoms with van der Waals surface area (Å²) in [7, 11) is 0. The zero-order valence-corrected chi connectivity index (χ0v) is 16.6. The van der Waals surface area contributed by atoms with Crippen molar-refractivity contribution >= 4 is 29.5 Å². The second-order valence-electron chi connectivity index (χ2n) is 6.81. The highest BCUT2D eigenvalue weighted by Crippen LogP contribution is 2.30. The third kappa shape index (κ3) is 4.89. The molecule has 1 aromatic carbocycles. The minimum Gasteiger partial charge on any atom is -0.451 e. The van der Waals surface area contributed by atoms with Crippen molar-refractivity contribution < 1.29 is 37.1 Å². The molecule has 1 fully saturated rings. The van der Waals surface area contributed by atoms with Crippen LogP contribution >= 0.6 is 0 Å². The second-order valence-corrected chi connectivity index (χ2v) is 6.81. The molecule has 0 saturated carbocycles. The summed E-state index contributed by atoms with van der Waals surface area (Å²) in [5.74, 6) is -2.43. The molecule has 1 aliphatic rings. The van der Waals surface area contributed by atoms with Gasteiger partial charge in [0.2, 0.25) is 0 Å². The van der Waals surface area contributed by atoms with Crippen molar-refractivity contribution in [1.82, 2.24) is 10.2 Å². The fourth-order valence-electron chi connectivity index (χ4n) is 2.98. The number of carbonyl (C=O) groups is 4. The molecule has 1 atom stereocenters. The van der Waals surface area contributed by atoms with Gasteiger partial charge in [0, 0.05) is 5.69 Å². The van der Waals surface area contributed by atoms with Gasteiger partial charge in [-0.05, 0) is 38.0 Å². The molecule has 0 aliphatic carbocycles. The molecule has 0 bridgehead atoms. The SMILES string of the molecule is CCC1(CC)NC(=O)N(CC(=O)O[C@@H](C)C(=O)Nc2cccc(C(F)(F)F)c2)C1=O. The van der Waals surface area contributed by atoms with Gasteiger partial charge in [-0.3, -0.25) is 19.3 Å². The zero-order chi connectivity index (χ0) is 22.7. The lowest BCUT2D eigenvalue weighted by molar-refractivity contribution is -0.155. The summed E-state index contributed by atoms with van der Waals surface area (Å²) in [6.45, 7) is 3.98. The molecule has 0 aromatic heterocycles. The fraction of sp³-hybridized carbons (Fsp3) is 0.474. The Morgan fingerprint density at radius 3 is 2.40 bits per heavy atom. The summed E-state index contributed by atoms with van der Waals surface area (Å²) in [6.07, 6.45) is -5.26. The smallest absolute Gasteiger partial charge is 0.416 e. The number of benzene rings is 1. The van der Waals surface area contributed by atoms with Crippen LogP contribution in [0.1, 0.15) is 39.2 Å². The molecule has 0 radical (unpaired) electrons. The first-order valence-corrected chi connectivity index (χ1v) is 9.25. The molecule has 1 aliphatic heterocycles. The number of hydrogen-bond donors (Lipinski definition) is 2. The Labute approximate surface area is 170 Å². The van der Waals surface area contributed by atoms with Crippen LogP contribution in [0.4, 0.5) is 23.7 Å². The van der Waals surface area contributed by atoms with Crippen molar-refractivity contribution in [3.8, 4) is 0 Å². The van der Waals surface area contributed by atoms with Gasteiger partial charge in [-0.15, -0.1) is 0 Å². The number of hydrogen-bond acceptors (Lipinski definition) is 5. The minimum absolute atomic E-state index is 0.123. The van der Waals surface area contributed by atoms with Crippen LogP contribution in [0.2, 0.25) is 0 Å². The Morgan fingerprint density at radius 1 is 1.23 bits per heavy atom. The number of nitrogens with zero attached hydrogens (tertiary/aromatic N) is 1. The normalized spacial score (nSPS) is 16.8. The summed E-state index contributed by atoms with van der Waals surface area (Å²) in [4.78, 5) is 49.5. The molecule has 30 heavy (non-hydrogen) atoms. The van der Waals surface area contributed by atoms with Crippen molar-refractivity contribution in [3.05, 3.63) is 29.8 Å². The van der Waals surface area contributed by atoms with Crippen molar-refractivity contribution in [2.24, 2.45) is 0 Å². The number of rotatable bonds is 7. The van der Waals surface area contributed by atoms with Crippen LogP contribution in [0.3, 0.4) is 0 Å². The number of alkyl halides is 3. The summed E-state index contributed by atoms with van der Waals surface area (Å²) >= 11 is 0. The third-order valence-electron chi connectivity index (χ3n) is 4.88. The third-order valence-corrected chi connectivity index (χ3v) is 4.88. The Morgan fingerprint density at radius 2 is 1.87 bits per heavy atom. The monoisotopic (exact) mass is 429 g/mol. The Kier molecular flexibility index (Phi) is 6.73. The topological polar surface area (TPSA) is 105 Å². The molecule has 164 valence electrons. The molecule has 8 nitrogen and oxygen atoms in total. The summed E-state index contributed by atoms with van der Waals surface area (Å²) < 4.78 is 43.2. The van der Waals surface area contributed by atoms with E-state index < -0.39 is 53.7 Å². The Bertz CT molecular complexity index is 852. The van der Waals surface area contributed by atoms with Gasteiger partial charge in [0.05, 0.1) is 5.56 Å². The lowest BCUT2D eigenvalue weighted by Gasteiger charge is -2.23. The lowest BCUT2D eigenvalue weighted by atomic mass is 9.93. The van der Waals surface area contributed by atoms with Crippen LogP contribution < -0.4 is 10.6 Å². The van der Waals surface area contributed by atoms with E-state index in [-0.39, 0.29) is 5.69 Å². The van der Waals surface area contributed by atoms with Crippen LogP contribution in [0.25, 0.3) is 0 Å². The van der Waals surface area contributed by atoms with E-state index in [0.29, 0.717) is 17.7 Å². The molecule has 1 heterocycles. The van der Waals surface area contributed by atoms with E-state index in [9.17, 15) is 32.3 Å². The first kappa shape index (κ1) is 23.2. The van der Waals surface area contributed by atoms with Crippen LogP contribution in [0.15, 0.2) is 24.3 Å². The Balaban J connectivity index is 1.97. The van der Waals surface area contributed by atoms with Crippen molar-refractivity contribution in [1.29, 1.82) is 0 Å². The highest BCUT2D eigenvalue weighted by atomic mass is 19.4. The summed E-state index contributed by atoms with van der Waals surface area (Å²) in [5, 5.41) is 4.78. The van der Waals surface area contributed by atoms with Gasteiger partial charge in [0.15, 0.2) is 6.10 Å². The molecule has 0 spiro atoms. The number of nitrogens with one attached hydrogen (secondary N) is 2. The van der Waals surface area contributed by atoms with Gasteiger partial charge >= 0.3 is 18.2 Å². The van der Waals surface area contributed by atoms with Crippen molar-refractivity contribution in [2.75, 3.05) is 11.9 Å². The quantitative estimate of drug-likeness (QED) is 0.512.